The monoisotopic (exact) mass is 218 g/mol. The average Bonchev–Trinajstić information content (AvgIpc) is 2.60. The van der Waals surface area contributed by atoms with Crippen molar-refractivity contribution in [3.05, 3.63) is 23.1 Å². The Morgan fingerprint density at radius 1 is 1.57 bits per heavy atom. The summed E-state index contributed by atoms with van der Waals surface area (Å²) < 4.78 is 14.6. The van der Waals surface area contributed by atoms with Gasteiger partial charge < -0.3 is 13.9 Å². The van der Waals surface area contributed by atoms with E-state index in [0.29, 0.717) is 5.76 Å². The predicted octanol–water partition coefficient (Wildman–Crippen LogP) is 1.84. The van der Waals surface area contributed by atoms with Gasteiger partial charge in [0.1, 0.15) is 11.7 Å². The van der Waals surface area contributed by atoms with Crippen molar-refractivity contribution in [3.63, 3.8) is 0 Å². The predicted molar refractivity (Wildman–Crippen MR) is 50.4 cm³/mol. The number of halogens is 1. The van der Waals surface area contributed by atoms with Gasteiger partial charge in [-0.3, -0.25) is 4.79 Å². The number of rotatable bonds is 4. The molecule has 0 saturated heterocycles. The molecule has 4 nitrogen and oxygen atoms in total. The van der Waals surface area contributed by atoms with Crippen molar-refractivity contribution in [2.75, 3.05) is 20.8 Å². The normalized spacial score (nSPS) is 12.5. The number of methoxy groups -OCH3 is 2. The zero-order valence-corrected chi connectivity index (χ0v) is 8.71. The van der Waals surface area contributed by atoms with Crippen LogP contribution in [0.1, 0.15) is 11.7 Å². The molecule has 0 aliphatic heterocycles. The van der Waals surface area contributed by atoms with E-state index in [1.165, 1.54) is 14.2 Å². The number of carbonyl (C=O) groups is 1. The molecule has 78 valence electrons. The Bertz CT molecular complexity index is 308. The van der Waals surface area contributed by atoms with E-state index in [2.05, 4.69) is 4.74 Å². The minimum absolute atomic E-state index is 0.205. The standard InChI is InChI=1S/C9H11ClO4/c1-12-5-6(9(11)13-2)7-3-4-8(10)14-7/h3-4,6H,5H2,1-2H3. The Labute approximate surface area is 86.7 Å². The van der Waals surface area contributed by atoms with Crippen LogP contribution in [0.5, 0.6) is 0 Å². The van der Waals surface area contributed by atoms with Crippen molar-refractivity contribution in [1.82, 2.24) is 0 Å². The second-order valence-corrected chi connectivity index (χ2v) is 3.05. The molecule has 1 rings (SSSR count). The van der Waals surface area contributed by atoms with Crippen molar-refractivity contribution < 1.29 is 18.7 Å². The highest BCUT2D eigenvalue weighted by Crippen LogP contribution is 2.22. The SMILES string of the molecule is COCC(C(=O)OC)c1ccc(Cl)o1. The molecule has 1 aromatic heterocycles. The number of ether oxygens (including phenoxy) is 2. The van der Waals surface area contributed by atoms with Crippen molar-refractivity contribution in [1.29, 1.82) is 0 Å². The van der Waals surface area contributed by atoms with Crippen LogP contribution in [0.2, 0.25) is 5.22 Å². The fraction of sp³-hybridized carbons (Fsp3) is 0.444. The van der Waals surface area contributed by atoms with E-state index in [1.54, 1.807) is 12.1 Å². The zero-order chi connectivity index (χ0) is 10.6. The number of furan rings is 1. The largest absolute Gasteiger partial charge is 0.468 e. The summed E-state index contributed by atoms with van der Waals surface area (Å²) in [5.41, 5.74) is 0. The highest BCUT2D eigenvalue weighted by Gasteiger charge is 2.24. The first kappa shape index (κ1) is 11.1. The van der Waals surface area contributed by atoms with Crippen LogP contribution in [0.15, 0.2) is 16.5 Å². The molecule has 0 fully saturated rings. The topological polar surface area (TPSA) is 48.7 Å². The Hall–Kier alpha value is -1.00. The summed E-state index contributed by atoms with van der Waals surface area (Å²) in [5, 5.41) is 0.241. The maximum Gasteiger partial charge on any atom is 0.318 e. The average molecular weight is 219 g/mol. The van der Waals surface area contributed by atoms with Crippen LogP contribution in [0.3, 0.4) is 0 Å². The van der Waals surface area contributed by atoms with Crippen molar-refractivity contribution >= 4 is 17.6 Å². The summed E-state index contributed by atoms with van der Waals surface area (Å²) in [7, 11) is 2.82. The molecule has 0 spiro atoms. The van der Waals surface area contributed by atoms with Crippen LogP contribution in [0.4, 0.5) is 0 Å². The maximum atomic E-state index is 11.3. The molecule has 0 aliphatic carbocycles. The van der Waals surface area contributed by atoms with E-state index in [1.807, 2.05) is 0 Å². The third kappa shape index (κ3) is 2.49. The van der Waals surface area contributed by atoms with Gasteiger partial charge in [-0.15, -0.1) is 0 Å². The molecule has 14 heavy (non-hydrogen) atoms. The zero-order valence-electron chi connectivity index (χ0n) is 7.95. The van der Waals surface area contributed by atoms with Crippen LogP contribution in [-0.2, 0) is 14.3 Å². The summed E-state index contributed by atoms with van der Waals surface area (Å²) in [6, 6.07) is 3.20. The van der Waals surface area contributed by atoms with Crippen molar-refractivity contribution in [3.8, 4) is 0 Å². The smallest absolute Gasteiger partial charge is 0.318 e. The quantitative estimate of drug-likeness (QED) is 0.724. The fourth-order valence-electron chi connectivity index (χ4n) is 1.09. The van der Waals surface area contributed by atoms with Crippen LogP contribution in [0, 0.1) is 0 Å². The van der Waals surface area contributed by atoms with Gasteiger partial charge in [-0.25, -0.2) is 0 Å². The van der Waals surface area contributed by atoms with Gasteiger partial charge in [-0.05, 0) is 23.7 Å². The lowest BCUT2D eigenvalue weighted by Gasteiger charge is -2.10. The molecular formula is C9H11ClO4. The van der Waals surface area contributed by atoms with Crippen LogP contribution in [0.25, 0.3) is 0 Å². The minimum Gasteiger partial charge on any atom is -0.468 e. The molecule has 0 aromatic carbocycles. The molecule has 5 heteroatoms. The Balaban J connectivity index is 2.82. The Morgan fingerprint density at radius 3 is 2.71 bits per heavy atom. The summed E-state index contributed by atoms with van der Waals surface area (Å²) in [6.45, 7) is 0.205. The summed E-state index contributed by atoms with van der Waals surface area (Å²) >= 11 is 5.59. The summed E-state index contributed by atoms with van der Waals surface area (Å²) in [6.07, 6.45) is 0. The van der Waals surface area contributed by atoms with Crippen LogP contribution in [-0.4, -0.2) is 26.8 Å². The minimum atomic E-state index is -0.558. The molecule has 0 amide bonds. The summed E-state index contributed by atoms with van der Waals surface area (Å²) in [5.74, 6) is -0.515. The number of hydrogen-bond acceptors (Lipinski definition) is 4. The first-order valence-corrected chi connectivity index (χ1v) is 4.38. The molecule has 1 unspecified atom stereocenters. The second kappa shape index (κ2) is 5.02. The van der Waals surface area contributed by atoms with Gasteiger partial charge >= 0.3 is 5.97 Å². The van der Waals surface area contributed by atoms with Gasteiger partial charge in [0.15, 0.2) is 5.22 Å². The van der Waals surface area contributed by atoms with Crippen LogP contribution < -0.4 is 0 Å². The molecule has 0 saturated carbocycles. The van der Waals surface area contributed by atoms with Crippen LogP contribution >= 0.6 is 11.6 Å². The lowest BCUT2D eigenvalue weighted by molar-refractivity contribution is -0.144. The van der Waals surface area contributed by atoms with Gasteiger partial charge in [0.25, 0.3) is 0 Å². The molecule has 1 heterocycles. The number of esters is 1. The van der Waals surface area contributed by atoms with Gasteiger partial charge in [0.05, 0.1) is 13.7 Å². The van der Waals surface area contributed by atoms with Gasteiger partial charge in [0.2, 0.25) is 0 Å². The van der Waals surface area contributed by atoms with Gasteiger partial charge in [0, 0.05) is 7.11 Å². The van der Waals surface area contributed by atoms with Gasteiger partial charge in [-0.1, -0.05) is 0 Å². The Kier molecular flexibility index (Phi) is 3.98. The van der Waals surface area contributed by atoms with E-state index in [-0.39, 0.29) is 11.8 Å². The fourth-order valence-corrected chi connectivity index (χ4v) is 1.24. The third-order valence-corrected chi connectivity index (χ3v) is 1.96. The van der Waals surface area contributed by atoms with Gasteiger partial charge in [-0.2, -0.15) is 0 Å². The van der Waals surface area contributed by atoms with E-state index >= 15 is 0 Å². The first-order chi connectivity index (χ1) is 6.69. The molecule has 0 bridgehead atoms. The Morgan fingerprint density at radius 2 is 2.29 bits per heavy atom. The molecular weight excluding hydrogens is 208 g/mol. The third-order valence-electron chi connectivity index (χ3n) is 1.76. The first-order valence-electron chi connectivity index (χ1n) is 4.01. The lowest BCUT2D eigenvalue weighted by atomic mass is 10.1. The number of hydrogen-bond donors (Lipinski definition) is 0. The molecule has 0 N–H and O–H groups in total. The maximum absolute atomic E-state index is 11.3. The highest BCUT2D eigenvalue weighted by atomic mass is 35.5. The lowest BCUT2D eigenvalue weighted by Crippen LogP contribution is -2.18. The highest BCUT2D eigenvalue weighted by molar-refractivity contribution is 6.28. The molecule has 1 aromatic rings. The van der Waals surface area contributed by atoms with E-state index in [0.717, 1.165) is 0 Å². The van der Waals surface area contributed by atoms with E-state index < -0.39 is 11.9 Å². The molecule has 0 radical (unpaired) electrons. The van der Waals surface area contributed by atoms with Crippen molar-refractivity contribution in [2.24, 2.45) is 0 Å². The molecule has 0 aliphatic rings. The second-order valence-electron chi connectivity index (χ2n) is 2.67. The molecule has 1 atom stereocenters. The van der Waals surface area contributed by atoms with E-state index in [4.69, 9.17) is 20.8 Å². The number of carbonyl (C=O) groups excluding carboxylic acids is 1. The summed E-state index contributed by atoms with van der Waals surface area (Å²) in [4.78, 5) is 11.3. The van der Waals surface area contributed by atoms with E-state index in [9.17, 15) is 4.79 Å². The van der Waals surface area contributed by atoms with Crippen molar-refractivity contribution in [2.45, 2.75) is 5.92 Å².